The van der Waals surface area contributed by atoms with Crippen molar-refractivity contribution in [1.29, 1.82) is 0 Å². The van der Waals surface area contributed by atoms with Crippen molar-refractivity contribution in [2.75, 3.05) is 33.9 Å². The van der Waals surface area contributed by atoms with Crippen molar-refractivity contribution in [2.24, 2.45) is 0 Å². The fourth-order valence-electron chi connectivity index (χ4n) is 1.53. The number of hydrogen-bond acceptors (Lipinski definition) is 3. The van der Waals surface area contributed by atoms with Crippen LogP contribution in [0.2, 0.25) is 0 Å². The van der Waals surface area contributed by atoms with Crippen LogP contribution in [0.5, 0.6) is 0 Å². The first-order valence-corrected chi connectivity index (χ1v) is 4.09. The van der Waals surface area contributed by atoms with Gasteiger partial charge in [-0.3, -0.25) is 4.90 Å². The third-order valence-corrected chi connectivity index (χ3v) is 2.34. The molecule has 1 aliphatic heterocycles. The first-order valence-electron chi connectivity index (χ1n) is 4.09. The third kappa shape index (κ3) is 1.92. The summed E-state index contributed by atoms with van der Waals surface area (Å²) in [6.45, 7) is 5.25. The average molecular weight is 159 g/mol. The molecular weight excluding hydrogens is 142 g/mol. The lowest BCUT2D eigenvalue weighted by atomic mass is 10.3. The maximum Gasteiger partial charge on any atom is 0.0971 e. The van der Waals surface area contributed by atoms with Crippen molar-refractivity contribution in [2.45, 2.75) is 19.1 Å². The van der Waals surface area contributed by atoms with Crippen molar-refractivity contribution in [3.05, 3.63) is 0 Å². The molecule has 0 aromatic heterocycles. The van der Waals surface area contributed by atoms with Crippen molar-refractivity contribution in [3.8, 4) is 0 Å². The second-order valence-electron chi connectivity index (χ2n) is 2.90. The van der Waals surface area contributed by atoms with E-state index in [4.69, 9.17) is 9.47 Å². The largest absolute Gasteiger partial charge is 0.377 e. The SMILES string of the molecule is CCN1CC(OC)C(OC)C1. The summed E-state index contributed by atoms with van der Waals surface area (Å²) in [5.74, 6) is 0. The van der Waals surface area contributed by atoms with Gasteiger partial charge in [0, 0.05) is 27.3 Å². The molecule has 2 atom stereocenters. The second kappa shape index (κ2) is 4.04. The average Bonchev–Trinajstić information content (AvgIpc) is 2.46. The van der Waals surface area contributed by atoms with Gasteiger partial charge in [-0.1, -0.05) is 6.92 Å². The lowest BCUT2D eigenvalue weighted by Gasteiger charge is -2.13. The van der Waals surface area contributed by atoms with Gasteiger partial charge < -0.3 is 9.47 Å². The number of rotatable bonds is 3. The van der Waals surface area contributed by atoms with E-state index in [2.05, 4.69) is 11.8 Å². The minimum Gasteiger partial charge on any atom is -0.377 e. The molecule has 0 aromatic carbocycles. The Labute approximate surface area is 68.3 Å². The Morgan fingerprint density at radius 3 is 1.91 bits per heavy atom. The van der Waals surface area contributed by atoms with Gasteiger partial charge in [-0.2, -0.15) is 0 Å². The van der Waals surface area contributed by atoms with Crippen molar-refractivity contribution < 1.29 is 9.47 Å². The zero-order chi connectivity index (χ0) is 8.27. The highest BCUT2D eigenvalue weighted by atomic mass is 16.5. The molecule has 1 heterocycles. The molecule has 66 valence electrons. The van der Waals surface area contributed by atoms with E-state index in [-0.39, 0.29) is 12.2 Å². The minimum atomic E-state index is 0.264. The molecule has 1 rings (SSSR count). The molecule has 1 saturated heterocycles. The van der Waals surface area contributed by atoms with Crippen LogP contribution in [0.1, 0.15) is 6.92 Å². The van der Waals surface area contributed by atoms with Crippen LogP contribution in [-0.4, -0.2) is 51.0 Å². The number of ether oxygens (including phenoxy) is 2. The molecule has 0 spiro atoms. The molecule has 0 radical (unpaired) electrons. The van der Waals surface area contributed by atoms with Crippen LogP contribution in [-0.2, 0) is 9.47 Å². The van der Waals surface area contributed by atoms with Gasteiger partial charge in [-0.15, -0.1) is 0 Å². The van der Waals surface area contributed by atoms with Crippen LogP contribution in [0, 0.1) is 0 Å². The summed E-state index contributed by atoms with van der Waals surface area (Å²) in [6.07, 6.45) is 0.528. The molecule has 3 heteroatoms. The molecule has 2 unspecified atom stereocenters. The van der Waals surface area contributed by atoms with Crippen molar-refractivity contribution in [3.63, 3.8) is 0 Å². The molecule has 0 saturated carbocycles. The highest BCUT2D eigenvalue weighted by Gasteiger charge is 2.31. The smallest absolute Gasteiger partial charge is 0.0971 e. The van der Waals surface area contributed by atoms with Gasteiger partial charge in [0.15, 0.2) is 0 Å². The molecule has 0 amide bonds. The lowest BCUT2D eigenvalue weighted by Crippen LogP contribution is -2.27. The molecule has 0 N–H and O–H groups in total. The maximum absolute atomic E-state index is 5.28. The van der Waals surface area contributed by atoms with Crippen molar-refractivity contribution >= 4 is 0 Å². The van der Waals surface area contributed by atoms with E-state index in [1.54, 1.807) is 14.2 Å². The van der Waals surface area contributed by atoms with Crippen LogP contribution in [0.25, 0.3) is 0 Å². The normalized spacial score (nSPS) is 33.0. The summed E-state index contributed by atoms with van der Waals surface area (Å²) >= 11 is 0. The van der Waals surface area contributed by atoms with Crippen LogP contribution < -0.4 is 0 Å². The summed E-state index contributed by atoms with van der Waals surface area (Å²) in [6, 6.07) is 0. The van der Waals surface area contributed by atoms with E-state index < -0.39 is 0 Å². The monoisotopic (exact) mass is 159 g/mol. The molecule has 1 fully saturated rings. The summed E-state index contributed by atoms with van der Waals surface area (Å²) in [4.78, 5) is 2.34. The van der Waals surface area contributed by atoms with E-state index in [0.29, 0.717) is 0 Å². The quantitative estimate of drug-likeness (QED) is 0.593. The molecule has 0 aliphatic carbocycles. The van der Waals surface area contributed by atoms with Crippen LogP contribution in [0.3, 0.4) is 0 Å². The highest BCUT2D eigenvalue weighted by molar-refractivity contribution is 4.84. The van der Waals surface area contributed by atoms with E-state index in [1.165, 1.54) is 0 Å². The fourth-order valence-corrected chi connectivity index (χ4v) is 1.53. The first kappa shape index (κ1) is 8.97. The maximum atomic E-state index is 5.28. The van der Waals surface area contributed by atoms with E-state index >= 15 is 0 Å². The van der Waals surface area contributed by atoms with E-state index in [1.807, 2.05) is 0 Å². The second-order valence-corrected chi connectivity index (χ2v) is 2.90. The Kier molecular flexibility index (Phi) is 3.30. The number of likely N-dealkylation sites (N-methyl/N-ethyl adjacent to an activating group) is 1. The van der Waals surface area contributed by atoms with Gasteiger partial charge in [0.25, 0.3) is 0 Å². The number of methoxy groups -OCH3 is 2. The standard InChI is InChI=1S/C8H17NO2/c1-4-9-5-7(10-2)8(6-9)11-3/h7-8H,4-6H2,1-3H3. The topological polar surface area (TPSA) is 21.7 Å². The molecule has 3 nitrogen and oxygen atoms in total. The van der Waals surface area contributed by atoms with Gasteiger partial charge in [-0.25, -0.2) is 0 Å². The van der Waals surface area contributed by atoms with Gasteiger partial charge >= 0.3 is 0 Å². The van der Waals surface area contributed by atoms with Crippen molar-refractivity contribution in [1.82, 2.24) is 4.90 Å². The third-order valence-electron chi connectivity index (χ3n) is 2.34. The summed E-state index contributed by atoms with van der Waals surface area (Å²) in [7, 11) is 3.49. The first-order chi connectivity index (χ1) is 5.31. The molecule has 0 bridgehead atoms. The predicted octanol–water partition coefficient (Wildman–Crippen LogP) is 0.352. The highest BCUT2D eigenvalue weighted by Crippen LogP contribution is 2.14. The number of hydrogen-bond donors (Lipinski definition) is 0. The Morgan fingerprint density at radius 1 is 1.18 bits per heavy atom. The Balaban J connectivity index is 2.41. The summed E-state index contributed by atoms with van der Waals surface area (Å²) in [5.41, 5.74) is 0. The molecule has 1 aliphatic rings. The minimum absolute atomic E-state index is 0.264. The molecule has 11 heavy (non-hydrogen) atoms. The molecular formula is C8H17NO2. The zero-order valence-electron chi connectivity index (χ0n) is 7.54. The van der Waals surface area contributed by atoms with Crippen LogP contribution >= 0.6 is 0 Å². The van der Waals surface area contributed by atoms with Gasteiger partial charge in [0.05, 0.1) is 12.2 Å². The molecule has 0 aromatic rings. The Morgan fingerprint density at radius 2 is 1.64 bits per heavy atom. The predicted molar refractivity (Wildman–Crippen MR) is 43.7 cm³/mol. The zero-order valence-corrected chi connectivity index (χ0v) is 7.54. The number of nitrogens with zero attached hydrogens (tertiary/aromatic N) is 1. The summed E-state index contributed by atoms with van der Waals surface area (Å²) in [5, 5.41) is 0. The van der Waals surface area contributed by atoms with Gasteiger partial charge in [0.1, 0.15) is 0 Å². The van der Waals surface area contributed by atoms with Crippen LogP contribution in [0.4, 0.5) is 0 Å². The number of likely N-dealkylation sites (tertiary alicyclic amines) is 1. The summed E-state index contributed by atoms with van der Waals surface area (Å²) < 4.78 is 10.6. The Bertz CT molecular complexity index is 107. The fraction of sp³-hybridized carbons (Fsp3) is 1.00. The van der Waals surface area contributed by atoms with E-state index in [0.717, 1.165) is 19.6 Å². The Hall–Kier alpha value is -0.120. The van der Waals surface area contributed by atoms with E-state index in [9.17, 15) is 0 Å². The van der Waals surface area contributed by atoms with Crippen LogP contribution in [0.15, 0.2) is 0 Å². The lowest BCUT2D eigenvalue weighted by molar-refractivity contribution is -0.00461. The van der Waals surface area contributed by atoms with Gasteiger partial charge in [0.2, 0.25) is 0 Å². The van der Waals surface area contributed by atoms with Gasteiger partial charge in [-0.05, 0) is 6.54 Å².